The summed E-state index contributed by atoms with van der Waals surface area (Å²) in [7, 11) is 0. The lowest BCUT2D eigenvalue weighted by Crippen LogP contribution is -2.49. The van der Waals surface area contributed by atoms with Crippen LogP contribution in [0.1, 0.15) is 50.3 Å². The molecule has 0 aliphatic rings. The summed E-state index contributed by atoms with van der Waals surface area (Å²) in [4.78, 5) is 27.4. The molecule has 28 heavy (non-hydrogen) atoms. The lowest BCUT2D eigenvalue weighted by atomic mass is 10.1. The lowest BCUT2D eigenvalue weighted by Gasteiger charge is -2.30. The topological polar surface area (TPSA) is 49.4 Å². The maximum absolute atomic E-state index is 13.0. The van der Waals surface area contributed by atoms with Crippen LogP contribution in [0.2, 0.25) is 0 Å². The van der Waals surface area contributed by atoms with Crippen LogP contribution in [0.15, 0.2) is 54.6 Å². The number of aryl methyl sites for hydroxylation is 2. The van der Waals surface area contributed by atoms with Gasteiger partial charge in [-0.2, -0.15) is 0 Å². The van der Waals surface area contributed by atoms with Gasteiger partial charge < -0.3 is 10.2 Å². The molecule has 0 unspecified atom stereocenters. The van der Waals surface area contributed by atoms with E-state index in [-0.39, 0.29) is 17.9 Å². The largest absolute Gasteiger partial charge is 0.352 e. The predicted molar refractivity (Wildman–Crippen MR) is 114 cm³/mol. The van der Waals surface area contributed by atoms with Crippen LogP contribution in [0, 0.1) is 6.92 Å². The number of hydrogen-bond acceptors (Lipinski definition) is 2. The highest BCUT2D eigenvalue weighted by atomic mass is 16.2. The van der Waals surface area contributed by atoms with Crippen LogP contribution in [0.4, 0.5) is 0 Å². The zero-order valence-corrected chi connectivity index (χ0v) is 17.4. The quantitative estimate of drug-likeness (QED) is 0.707. The molecule has 2 atom stereocenters. The summed E-state index contributed by atoms with van der Waals surface area (Å²) >= 11 is 0. The van der Waals surface area contributed by atoms with E-state index in [9.17, 15) is 9.59 Å². The summed E-state index contributed by atoms with van der Waals surface area (Å²) in [6, 6.07) is 17.7. The van der Waals surface area contributed by atoms with Gasteiger partial charge in [-0.15, -0.1) is 0 Å². The molecule has 0 saturated carbocycles. The second-order valence-corrected chi connectivity index (χ2v) is 7.49. The van der Waals surface area contributed by atoms with Gasteiger partial charge in [-0.1, -0.05) is 67.1 Å². The molecule has 150 valence electrons. The lowest BCUT2D eigenvalue weighted by molar-refractivity contribution is -0.140. The van der Waals surface area contributed by atoms with Gasteiger partial charge in [0.2, 0.25) is 11.8 Å². The Morgan fingerprint density at radius 3 is 2.21 bits per heavy atom. The number of hydrogen-bond donors (Lipinski definition) is 1. The standard InChI is InChI=1S/C24H32N2O2/c1-5-19(3)25-24(28)20(4)26(17-22-13-11-18(2)12-14-22)23(27)16-15-21-9-7-6-8-10-21/h6-14,19-20H,5,15-17H2,1-4H3,(H,25,28)/t19-,20+/m1/s1. The molecule has 0 bridgehead atoms. The minimum atomic E-state index is -0.515. The monoisotopic (exact) mass is 380 g/mol. The molecule has 0 saturated heterocycles. The first-order chi connectivity index (χ1) is 13.4. The van der Waals surface area contributed by atoms with Crippen LogP contribution in [0.3, 0.4) is 0 Å². The third kappa shape index (κ3) is 6.52. The smallest absolute Gasteiger partial charge is 0.242 e. The van der Waals surface area contributed by atoms with E-state index in [1.54, 1.807) is 4.90 Å². The fraction of sp³-hybridized carbons (Fsp3) is 0.417. The van der Waals surface area contributed by atoms with Crippen molar-refractivity contribution in [1.82, 2.24) is 10.2 Å². The van der Waals surface area contributed by atoms with E-state index >= 15 is 0 Å². The van der Waals surface area contributed by atoms with E-state index in [4.69, 9.17) is 0 Å². The minimum Gasteiger partial charge on any atom is -0.352 e. The maximum atomic E-state index is 13.0. The van der Waals surface area contributed by atoms with E-state index in [0.717, 1.165) is 17.5 Å². The molecule has 0 aliphatic heterocycles. The van der Waals surface area contributed by atoms with Gasteiger partial charge in [-0.05, 0) is 44.7 Å². The Morgan fingerprint density at radius 1 is 0.964 bits per heavy atom. The summed E-state index contributed by atoms with van der Waals surface area (Å²) in [5.74, 6) is -0.106. The molecular formula is C24H32N2O2. The first-order valence-electron chi connectivity index (χ1n) is 10.1. The molecule has 2 rings (SSSR count). The van der Waals surface area contributed by atoms with Gasteiger partial charge in [-0.3, -0.25) is 9.59 Å². The van der Waals surface area contributed by atoms with Crippen LogP contribution in [-0.2, 0) is 22.6 Å². The molecule has 2 amide bonds. The van der Waals surface area contributed by atoms with Gasteiger partial charge in [0, 0.05) is 19.0 Å². The normalized spacial score (nSPS) is 12.9. The molecule has 4 nitrogen and oxygen atoms in total. The van der Waals surface area contributed by atoms with Gasteiger partial charge in [0.25, 0.3) is 0 Å². The van der Waals surface area contributed by atoms with Crippen molar-refractivity contribution in [1.29, 1.82) is 0 Å². The molecule has 0 fully saturated rings. The van der Waals surface area contributed by atoms with Crippen molar-refractivity contribution >= 4 is 11.8 Å². The third-order valence-corrected chi connectivity index (χ3v) is 5.11. The zero-order chi connectivity index (χ0) is 20.5. The molecule has 0 radical (unpaired) electrons. The first-order valence-corrected chi connectivity index (χ1v) is 10.1. The average molecular weight is 381 g/mol. The fourth-order valence-corrected chi connectivity index (χ4v) is 2.98. The molecule has 0 aliphatic carbocycles. The molecule has 0 aromatic heterocycles. The van der Waals surface area contributed by atoms with E-state index in [1.165, 1.54) is 5.56 Å². The first kappa shape index (κ1) is 21.7. The maximum Gasteiger partial charge on any atom is 0.242 e. The molecule has 0 spiro atoms. The van der Waals surface area contributed by atoms with Gasteiger partial charge in [0.15, 0.2) is 0 Å². The van der Waals surface area contributed by atoms with Crippen molar-refractivity contribution in [2.75, 3.05) is 0 Å². The molecule has 1 N–H and O–H groups in total. The zero-order valence-electron chi connectivity index (χ0n) is 17.4. The molecule has 2 aromatic carbocycles. The summed E-state index contributed by atoms with van der Waals surface area (Å²) in [5, 5.41) is 3.00. The number of nitrogens with zero attached hydrogens (tertiary/aromatic N) is 1. The van der Waals surface area contributed by atoms with Gasteiger partial charge in [0.05, 0.1) is 0 Å². The second-order valence-electron chi connectivity index (χ2n) is 7.49. The average Bonchev–Trinajstić information content (AvgIpc) is 2.71. The van der Waals surface area contributed by atoms with E-state index in [1.807, 2.05) is 82.3 Å². The van der Waals surface area contributed by atoms with E-state index in [2.05, 4.69) is 5.32 Å². The second kappa shape index (κ2) is 10.6. The Bertz CT molecular complexity index is 756. The highest BCUT2D eigenvalue weighted by Gasteiger charge is 2.26. The van der Waals surface area contributed by atoms with Gasteiger partial charge in [0.1, 0.15) is 6.04 Å². The number of carbonyl (C=O) groups is 2. The molecular weight excluding hydrogens is 348 g/mol. The predicted octanol–water partition coefficient (Wildman–Crippen LogP) is 4.26. The number of carbonyl (C=O) groups excluding carboxylic acids is 2. The van der Waals surface area contributed by atoms with Crippen molar-refractivity contribution in [3.63, 3.8) is 0 Å². The van der Waals surface area contributed by atoms with Crippen LogP contribution < -0.4 is 5.32 Å². The van der Waals surface area contributed by atoms with Gasteiger partial charge in [-0.25, -0.2) is 0 Å². The van der Waals surface area contributed by atoms with Crippen molar-refractivity contribution in [3.8, 4) is 0 Å². The third-order valence-electron chi connectivity index (χ3n) is 5.11. The van der Waals surface area contributed by atoms with E-state index in [0.29, 0.717) is 19.4 Å². The highest BCUT2D eigenvalue weighted by Crippen LogP contribution is 2.14. The van der Waals surface area contributed by atoms with Crippen molar-refractivity contribution in [2.24, 2.45) is 0 Å². The molecule has 4 heteroatoms. The Labute approximate surface area is 169 Å². The van der Waals surface area contributed by atoms with Crippen molar-refractivity contribution in [3.05, 3.63) is 71.3 Å². The Morgan fingerprint density at radius 2 is 1.61 bits per heavy atom. The molecule has 0 heterocycles. The Hall–Kier alpha value is -2.62. The summed E-state index contributed by atoms with van der Waals surface area (Å²) in [6.45, 7) is 8.29. The Balaban J connectivity index is 2.12. The summed E-state index contributed by atoms with van der Waals surface area (Å²) in [6.07, 6.45) is 1.92. The number of rotatable bonds is 9. The number of nitrogens with one attached hydrogen (secondary N) is 1. The summed E-state index contributed by atoms with van der Waals surface area (Å²) < 4.78 is 0. The number of amides is 2. The van der Waals surface area contributed by atoms with Crippen LogP contribution in [-0.4, -0.2) is 28.8 Å². The number of benzene rings is 2. The van der Waals surface area contributed by atoms with Gasteiger partial charge >= 0.3 is 0 Å². The Kier molecular flexibility index (Phi) is 8.24. The van der Waals surface area contributed by atoms with Crippen molar-refractivity contribution in [2.45, 2.75) is 65.6 Å². The SMILES string of the molecule is CC[C@@H](C)NC(=O)[C@H](C)N(Cc1ccc(C)cc1)C(=O)CCc1ccccc1. The fourth-order valence-electron chi connectivity index (χ4n) is 2.98. The van der Waals surface area contributed by atoms with Crippen molar-refractivity contribution < 1.29 is 9.59 Å². The van der Waals surface area contributed by atoms with E-state index < -0.39 is 6.04 Å². The summed E-state index contributed by atoms with van der Waals surface area (Å²) in [5.41, 5.74) is 3.33. The molecule has 2 aromatic rings. The van der Waals surface area contributed by atoms with Crippen LogP contribution in [0.5, 0.6) is 0 Å². The minimum absolute atomic E-state index is 0.00349. The van der Waals surface area contributed by atoms with Crippen LogP contribution in [0.25, 0.3) is 0 Å². The highest BCUT2D eigenvalue weighted by molar-refractivity contribution is 5.87. The van der Waals surface area contributed by atoms with Crippen LogP contribution >= 0.6 is 0 Å².